The molecule has 1 rings (SSSR count). The molecule has 1 aromatic rings. The van der Waals surface area contributed by atoms with Crippen molar-refractivity contribution in [3.63, 3.8) is 0 Å². The highest BCUT2D eigenvalue weighted by Gasteiger charge is 2.15. The number of nitrogens with zero attached hydrogens (tertiary/aromatic N) is 2. The topological polar surface area (TPSA) is 87.6 Å². The van der Waals surface area contributed by atoms with E-state index in [9.17, 15) is 4.79 Å². The molecule has 3 N–H and O–H groups in total. The van der Waals surface area contributed by atoms with Crippen molar-refractivity contribution in [2.45, 2.75) is 52.6 Å². The van der Waals surface area contributed by atoms with Crippen molar-refractivity contribution < 1.29 is 9.53 Å². The van der Waals surface area contributed by atoms with Gasteiger partial charge < -0.3 is 20.7 Å². The molecule has 0 bridgehead atoms. The van der Waals surface area contributed by atoms with Gasteiger partial charge in [0.2, 0.25) is 0 Å². The molecule has 0 aliphatic heterocycles. The summed E-state index contributed by atoms with van der Waals surface area (Å²) in [4.78, 5) is 21.4. The predicted molar refractivity (Wildman–Crippen MR) is 103 cm³/mol. The lowest BCUT2D eigenvalue weighted by atomic mass is 10.2. The summed E-state index contributed by atoms with van der Waals surface area (Å²) in [6.45, 7) is 9.73. The molecule has 0 spiro atoms. The maximum Gasteiger partial charge on any atom is 0.407 e. The van der Waals surface area contributed by atoms with E-state index in [1.54, 1.807) is 18.4 Å². The van der Waals surface area contributed by atoms with E-state index in [4.69, 9.17) is 4.74 Å². The Morgan fingerprint density at radius 2 is 1.92 bits per heavy atom. The molecule has 25 heavy (non-hydrogen) atoms. The summed E-state index contributed by atoms with van der Waals surface area (Å²) in [7, 11) is 1.74. The number of rotatable bonds is 8. The molecule has 0 aromatic carbocycles. The highest BCUT2D eigenvalue weighted by Crippen LogP contribution is 2.13. The Kier molecular flexibility index (Phi) is 9.26. The number of hydrogen-bond acceptors (Lipinski definition) is 5. The number of aliphatic imine (C=N–C) groups is 1. The predicted octanol–water partition coefficient (Wildman–Crippen LogP) is 2.33. The van der Waals surface area contributed by atoms with Crippen LogP contribution in [0.3, 0.4) is 0 Å². The highest BCUT2D eigenvalue weighted by molar-refractivity contribution is 7.11. The van der Waals surface area contributed by atoms with E-state index in [1.165, 1.54) is 4.88 Å². The molecule has 8 heteroatoms. The van der Waals surface area contributed by atoms with Gasteiger partial charge in [-0.05, 0) is 33.6 Å². The first-order valence-corrected chi connectivity index (χ1v) is 9.50. The molecule has 1 aromatic heterocycles. The van der Waals surface area contributed by atoms with Crippen molar-refractivity contribution >= 4 is 23.4 Å². The number of carbonyl (C=O) groups is 1. The molecule has 0 aliphatic carbocycles. The van der Waals surface area contributed by atoms with Gasteiger partial charge in [-0.25, -0.2) is 9.78 Å². The minimum atomic E-state index is -0.469. The molecule has 0 saturated carbocycles. The number of aromatic nitrogens is 1. The molecule has 0 radical (unpaired) electrons. The Labute approximate surface area is 154 Å². The van der Waals surface area contributed by atoms with E-state index >= 15 is 0 Å². The number of ether oxygens (including phenoxy) is 1. The molecule has 0 saturated heterocycles. The Morgan fingerprint density at radius 3 is 2.52 bits per heavy atom. The first-order valence-electron chi connectivity index (χ1n) is 8.69. The van der Waals surface area contributed by atoms with Gasteiger partial charge in [0.25, 0.3) is 0 Å². The van der Waals surface area contributed by atoms with Crippen molar-refractivity contribution in [3.8, 4) is 0 Å². The number of nitrogens with one attached hydrogen (secondary N) is 3. The first-order chi connectivity index (χ1) is 11.8. The van der Waals surface area contributed by atoms with Crippen molar-refractivity contribution in [3.05, 3.63) is 16.1 Å². The smallest absolute Gasteiger partial charge is 0.407 e. The summed E-state index contributed by atoms with van der Waals surface area (Å²) in [5.41, 5.74) is -0.469. The van der Waals surface area contributed by atoms with Gasteiger partial charge in [0.05, 0.1) is 5.01 Å². The van der Waals surface area contributed by atoms with Gasteiger partial charge in [0, 0.05) is 44.2 Å². The van der Waals surface area contributed by atoms with Crippen LogP contribution in [0.4, 0.5) is 4.79 Å². The summed E-state index contributed by atoms with van der Waals surface area (Å²) < 4.78 is 5.18. The number of thiazole rings is 1. The standard InChI is InChI=1S/C17H31N5O2S/c1-6-13-12-22-14(25-13)8-11-20-15(18-5)19-9-7-10-21-16(23)24-17(2,3)4/h12H,6-11H2,1-5H3,(H,21,23)(H2,18,19,20). The van der Waals surface area contributed by atoms with E-state index in [-0.39, 0.29) is 6.09 Å². The quantitative estimate of drug-likeness (QED) is 0.372. The average Bonchev–Trinajstić information content (AvgIpc) is 2.99. The lowest BCUT2D eigenvalue weighted by molar-refractivity contribution is 0.0527. The van der Waals surface area contributed by atoms with Gasteiger partial charge in [0.15, 0.2) is 5.96 Å². The zero-order chi connectivity index (χ0) is 18.7. The van der Waals surface area contributed by atoms with Crippen LogP contribution in [0.5, 0.6) is 0 Å². The monoisotopic (exact) mass is 369 g/mol. The van der Waals surface area contributed by atoms with Gasteiger partial charge in [-0.15, -0.1) is 11.3 Å². The number of aryl methyl sites for hydroxylation is 1. The van der Waals surface area contributed by atoms with Crippen LogP contribution in [0, 0.1) is 0 Å². The number of guanidine groups is 1. The third-order valence-corrected chi connectivity index (χ3v) is 4.32. The molecular weight excluding hydrogens is 338 g/mol. The van der Waals surface area contributed by atoms with Crippen LogP contribution in [-0.4, -0.2) is 49.3 Å². The Bertz CT molecular complexity index is 551. The fourth-order valence-corrected chi connectivity index (χ4v) is 2.80. The molecule has 0 aliphatic rings. The maximum atomic E-state index is 11.5. The maximum absolute atomic E-state index is 11.5. The normalized spacial score (nSPS) is 12.0. The minimum absolute atomic E-state index is 0.384. The fourth-order valence-electron chi connectivity index (χ4n) is 1.94. The second-order valence-corrected chi connectivity index (χ2v) is 7.73. The van der Waals surface area contributed by atoms with Crippen LogP contribution >= 0.6 is 11.3 Å². The third kappa shape index (κ3) is 9.91. The molecule has 1 amide bonds. The second kappa shape index (κ2) is 10.9. The minimum Gasteiger partial charge on any atom is -0.444 e. The van der Waals surface area contributed by atoms with Crippen LogP contribution in [0.1, 0.15) is 44.0 Å². The third-order valence-electron chi connectivity index (χ3n) is 3.12. The SMILES string of the molecule is CCc1cnc(CCNC(=NC)NCCCNC(=O)OC(C)(C)C)s1. The summed E-state index contributed by atoms with van der Waals surface area (Å²) >= 11 is 1.76. The number of hydrogen-bond donors (Lipinski definition) is 3. The zero-order valence-electron chi connectivity index (χ0n) is 15.9. The first kappa shape index (κ1) is 21.2. The van der Waals surface area contributed by atoms with E-state index in [0.29, 0.717) is 13.1 Å². The summed E-state index contributed by atoms with van der Waals surface area (Å²) in [5.74, 6) is 0.754. The van der Waals surface area contributed by atoms with E-state index < -0.39 is 5.60 Å². The van der Waals surface area contributed by atoms with Crippen molar-refractivity contribution in [2.75, 3.05) is 26.7 Å². The highest BCUT2D eigenvalue weighted by atomic mass is 32.1. The van der Waals surface area contributed by atoms with Gasteiger partial charge in [-0.3, -0.25) is 4.99 Å². The van der Waals surface area contributed by atoms with E-state index in [0.717, 1.165) is 36.8 Å². The Hall–Kier alpha value is -1.83. The van der Waals surface area contributed by atoms with Crippen LogP contribution in [0.2, 0.25) is 0 Å². The zero-order valence-corrected chi connectivity index (χ0v) is 16.8. The number of amides is 1. The fraction of sp³-hybridized carbons (Fsp3) is 0.706. The lowest BCUT2D eigenvalue weighted by Crippen LogP contribution is -2.40. The van der Waals surface area contributed by atoms with Crippen LogP contribution < -0.4 is 16.0 Å². The average molecular weight is 370 g/mol. The van der Waals surface area contributed by atoms with Gasteiger partial charge in [0.1, 0.15) is 5.60 Å². The van der Waals surface area contributed by atoms with Crippen molar-refractivity contribution in [2.24, 2.45) is 4.99 Å². The Balaban J connectivity index is 2.12. The summed E-state index contributed by atoms with van der Waals surface area (Å²) in [6.07, 6.45) is 4.26. The largest absolute Gasteiger partial charge is 0.444 e. The van der Waals surface area contributed by atoms with E-state index in [2.05, 4.69) is 32.9 Å². The molecule has 1 heterocycles. The molecule has 0 atom stereocenters. The number of alkyl carbamates (subject to hydrolysis) is 1. The van der Waals surface area contributed by atoms with Gasteiger partial charge >= 0.3 is 6.09 Å². The van der Waals surface area contributed by atoms with Crippen molar-refractivity contribution in [1.29, 1.82) is 0 Å². The van der Waals surface area contributed by atoms with Gasteiger partial charge in [-0.2, -0.15) is 0 Å². The second-order valence-electron chi connectivity index (χ2n) is 6.53. The van der Waals surface area contributed by atoms with Crippen molar-refractivity contribution in [1.82, 2.24) is 20.9 Å². The summed E-state index contributed by atoms with van der Waals surface area (Å²) in [5, 5.41) is 10.4. The van der Waals surface area contributed by atoms with Crippen LogP contribution in [0.15, 0.2) is 11.2 Å². The van der Waals surface area contributed by atoms with Crippen LogP contribution in [0.25, 0.3) is 0 Å². The molecule has 142 valence electrons. The van der Waals surface area contributed by atoms with E-state index in [1.807, 2.05) is 27.0 Å². The van der Waals surface area contributed by atoms with Gasteiger partial charge in [-0.1, -0.05) is 6.92 Å². The summed E-state index contributed by atoms with van der Waals surface area (Å²) in [6, 6.07) is 0. The molecular formula is C17H31N5O2S. The molecule has 0 fully saturated rings. The molecule has 7 nitrogen and oxygen atoms in total. The van der Waals surface area contributed by atoms with Crippen LogP contribution in [-0.2, 0) is 17.6 Å². The lowest BCUT2D eigenvalue weighted by Gasteiger charge is -2.19. The number of carbonyl (C=O) groups excluding carboxylic acids is 1. The molecule has 0 unspecified atom stereocenters. The Morgan fingerprint density at radius 1 is 1.24 bits per heavy atom.